The van der Waals surface area contributed by atoms with Gasteiger partial charge in [-0.1, -0.05) is 23.8 Å². The average Bonchev–Trinajstić information content (AvgIpc) is 3.07. The molecule has 176 valence electrons. The largest absolute Gasteiger partial charge is 0.490 e. The fourth-order valence-electron chi connectivity index (χ4n) is 3.21. The number of carbonyl (C=O) groups excluding carboxylic acids is 2. The lowest BCUT2D eigenvalue weighted by molar-refractivity contribution is 0.0846. The van der Waals surface area contributed by atoms with E-state index in [1.54, 1.807) is 30.3 Å². The maximum Gasteiger partial charge on any atom is 0.269 e. The fraction of sp³-hybridized carbons (Fsp3) is 0.167. The van der Waals surface area contributed by atoms with Gasteiger partial charge >= 0.3 is 0 Å². The molecular weight excluding hydrogens is 458 g/mol. The minimum atomic E-state index is -3.95. The number of hydrogen-bond donors (Lipinski definition) is 3. The first-order valence-electron chi connectivity index (χ1n) is 10.5. The molecule has 10 heteroatoms. The predicted octanol–water partition coefficient (Wildman–Crippen LogP) is 3.03. The standard InChI is InChI=1S/C24H23N3O6S/c1-16-6-8-17(9-7-16)23(28)25-26-24(29)18-4-2-5-19(14-18)27-34(30,31)20-10-11-21-22(15-20)33-13-3-12-32-21/h2,4-11,14-15,27H,3,12-13H2,1H3,(H,25,28)(H,26,29). The van der Waals surface area contributed by atoms with Gasteiger partial charge in [0.1, 0.15) is 0 Å². The number of amides is 2. The minimum absolute atomic E-state index is 0.00281. The summed E-state index contributed by atoms with van der Waals surface area (Å²) in [5.74, 6) is -0.225. The van der Waals surface area contributed by atoms with Crippen LogP contribution in [0.1, 0.15) is 32.7 Å². The third kappa shape index (κ3) is 5.46. The number of aryl methyl sites for hydroxylation is 1. The van der Waals surface area contributed by atoms with Crippen molar-refractivity contribution in [1.82, 2.24) is 10.9 Å². The van der Waals surface area contributed by atoms with Gasteiger partial charge in [0.05, 0.1) is 18.1 Å². The number of benzene rings is 3. The summed E-state index contributed by atoms with van der Waals surface area (Å²) in [5.41, 5.74) is 6.41. The summed E-state index contributed by atoms with van der Waals surface area (Å²) in [7, 11) is -3.95. The molecule has 3 aromatic rings. The molecular formula is C24H23N3O6S. The van der Waals surface area contributed by atoms with Gasteiger partial charge < -0.3 is 9.47 Å². The van der Waals surface area contributed by atoms with Crippen LogP contribution in [-0.2, 0) is 10.0 Å². The van der Waals surface area contributed by atoms with Crippen LogP contribution in [0.3, 0.4) is 0 Å². The van der Waals surface area contributed by atoms with Crippen molar-refractivity contribution < 1.29 is 27.5 Å². The number of hydrogen-bond acceptors (Lipinski definition) is 6. The SMILES string of the molecule is Cc1ccc(C(=O)NNC(=O)c2cccc(NS(=O)(=O)c3ccc4c(c3)OCCCO4)c2)cc1. The van der Waals surface area contributed by atoms with Gasteiger partial charge in [0.25, 0.3) is 21.8 Å². The third-order valence-corrected chi connectivity index (χ3v) is 6.39. The maximum absolute atomic E-state index is 12.9. The summed E-state index contributed by atoms with van der Waals surface area (Å²) in [6, 6.07) is 17.2. The number of hydrazine groups is 1. The van der Waals surface area contributed by atoms with E-state index in [1.165, 1.54) is 36.4 Å². The highest BCUT2D eigenvalue weighted by Crippen LogP contribution is 2.32. The van der Waals surface area contributed by atoms with Gasteiger partial charge in [-0.3, -0.25) is 25.2 Å². The maximum atomic E-state index is 12.9. The summed E-state index contributed by atoms with van der Waals surface area (Å²) < 4.78 is 39.3. The van der Waals surface area contributed by atoms with Crippen LogP contribution >= 0.6 is 0 Å². The highest BCUT2D eigenvalue weighted by Gasteiger charge is 2.19. The Morgan fingerprint density at radius 2 is 1.47 bits per heavy atom. The van der Waals surface area contributed by atoms with E-state index in [0.29, 0.717) is 36.7 Å². The van der Waals surface area contributed by atoms with Crippen molar-refractivity contribution in [1.29, 1.82) is 0 Å². The Morgan fingerprint density at radius 1 is 0.794 bits per heavy atom. The number of anilines is 1. The summed E-state index contributed by atoms with van der Waals surface area (Å²) >= 11 is 0. The number of ether oxygens (including phenoxy) is 2. The fourth-order valence-corrected chi connectivity index (χ4v) is 4.28. The zero-order valence-electron chi connectivity index (χ0n) is 18.3. The summed E-state index contributed by atoms with van der Waals surface area (Å²) in [5, 5.41) is 0. The van der Waals surface area contributed by atoms with E-state index in [4.69, 9.17) is 9.47 Å². The Hall–Kier alpha value is -4.05. The first kappa shape index (κ1) is 23.1. The van der Waals surface area contributed by atoms with Gasteiger partial charge in [0.15, 0.2) is 11.5 Å². The zero-order chi connectivity index (χ0) is 24.1. The van der Waals surface area contributed by atoms with Gasteiger partial charge in [0.2, 0.25) is 0 Å². The zero-order valence-corrected chi connectivity index (χ0v) is 19.1. The van der Waals surface area contributed by atoms with Crippen molar-refractivity contribution >= 4 is 27.5 Å². The normalized spacial score (nSPS) is 12.9. The Labute approximate surface area is 197 Å². The lowest BCUT2D eigenvalue weighted by Crippen LogP contribution is -2.41. The van der Waals surface area contributed by atoms with Crippen LogP contribution in [0.25, 0.3) is 0 Å². The molecule has 0 bridgehead atoms. The summed E-state index contributed by atoms with van der Waals surface area (Å²) in [6.07, 6.45) is 0.704. The molecule has 0 aromatic heterocycles. The van der Waals surface area contributed by atoms with Crippen molar-refractivity contribution in [3.05, 3.63) is 83.4 Å². The van der Waals surface area contributed by atoms with E-state index in [1.807, 2.05) is 6.92 Å². The van der Waals surface area contributed by atoms with E-state index >= 15 is 0 Å². The second kappa shape index (κ2) is 9.84. The van der Waals surface area contributed by atoms with Crippen LogP contribution in [0.4, 0.5) is 5.69 Å². The molecule has 0 unspecified atom stereocenters. The quantitative estimate of drug-likeness (QED) is 0.482. The van der Waals surface area contributed by atoms with E-state index in [9.17, 15) is 18.0 Å². The van der Waals surface area contributed by atoms with E-state index in [2.05, 4.69) is 15.6 Å². The van der Waals surface area contributed by atoms with Crippen LogP contribution in [0, 0.1) is 6.92 Å². The third-order valence-electron chi connectivity index (χ3n) is 5.01. The van der Waals surface area contributed by atoms with Crippen LogP contribution < -0.4 is 25.0 Å². The molecule has 0 aliphatic carbocycles. The number of fused-ring (bicyclic) bond motifs is 1. The summed E-state index contributed by atoms with van der Waals surface area (Å²) in [6.45, 7) is 2.83. The van der Waals surface area contributed by atoms with Crippen molar-refractivity contribution in [2.75, 3.05) is 17.9 Å². The molecule has 0 spiro atoms. The minimum Gasteiger partial charge on any atom is -0.490 e. The molecule has 3 aromatic carbocycles. The Kier molecular flexibility index (Phi) is 6.69. The van der Waals surface area contributed by atoms with Crippen molar-refractivity contribution in [3.63, 3.8) is 0 Å². The van der Waals surface area contributed by atoms with Crippen molar-refractivity contribution in [2.24, 2.45) is 0 Å². The van der Waals surface area contributed by atoms with Crippen molar-refractivity contribution in [2.45, 2.75) is 18.2 Å². The Balaban J connectivity index is 1.43. The van der Waals surface area contributed by atoms with Crippen LogP contribution in [0.2, 0.25) is 0 Å². The molecule has 2 amide bonds. The molecule has 9 nitrogen and oxygen atoms in total. The molecule has 4 rings (SSSR count). The second-order valence-corrected chi connectivity index (χ2v) is 9.30. The number of rotatable bonds is 5. The lowest BCUT2D eigenvalue weighted by Gasteiger charge is -2.12. The highest BCUT2D eigenvalue weighted by molar-refractivity contribution is 7.92. The van der Waals surface area contributed by atoms with E-state index in [0.717, 1.165) is 5.56 Å². The highest BCUT2D eigenvalue weighted by atomic mass is 32.2. The Bertz CT molecular complexity index is 1320. The monoisotopic (exact) mass is 481 g/mol. The van der Waals surface area contributed by atoms with Gasteiger partial charge in [-0.15, -0.1) is 0 Å². The molecule has 0 radical (unpaired) electrons. The van der Waals surface area contributed by atoms with Gasteiger partial charge in [-0.25, -0.2) is 8.42 Å². The molecule has 0 atom stereocenters. The number of sulfonamides is 1. The topological polar surface area (TPSA) is 123 Å². The molecule has 1 aliphatic rings. The second-order valence-electron chi connectivity index (χ2n) is 7.62. The smallest absolute Gasteiger partial charge is 0.269 e. The molecule has 3 N–H and O–H groups in total. The van der Waals surface area contributed by atoms with Gasteiger partial charge in [-0.2, -0.15) is 0 Å². The van der Waals surface area contributed by atoms with Crippen LogP contribution in [0.5, 0.6) is 11.5 Å². The van der Waals surface area contributed by atoms with Crippen molar-refractivity contribution in [3.8, 4) is 11.5 Å². The van der Waals surface area contributed by atoms with Crippen LogP contribution in [0.15, 0.2) is 71.6 Å². The molecule has 0 saturated carbocycles. The summed E-state index contributed by atoms with van der Waals surface area (Å²) in [4.78, 5) is 24.7. The lowest BCUT2D eigenvalue weighted by atomic mass is 10.1. The van der Waals surface area contributed by atoms with Gasteiger partial charge in [-0.05, 0) is 49.4 Å². The van der Waals surface area contributed by atoms with Crippen LogP contribution in [-0.4, -0.2) is 33.4 Å². The molecule has 1 heterocycles. The van der Waals surface area contributed by atoms with E-state index < -0.39 is 21.8 Å². The molecule has 34 heavy (non-hydrogen) atoms. The molecule has 0 saturated heterocycles. The number of carbonyl (C=O) groups is 2. The number of nitrogens with one attached hydrogen (secondary N) is 3. The Morgan fingerprint density at radius 3 is 2.21 bits per heavy atom. The predicted molar refractivity (Wildman–Crippen MR) is 125 cm³/mol. The first-order valence-corrected chi connectivity index (χ1v) is 12.0. The first-order chi connectivity index (χ1) is 16.3. The molecule has 0 fully saturated rings. The average molecular weight is 482 g/mol. The van der Waals surface area contributed by atoms with E-state index in [-0.39, 0.29) is 16.1 Å². The van der Waals surface area contributed by atoms with Gasteiger partial charge in [0, 0.05) is 29.3 Å². The molecule has 1 aliphatic heterocycles.